The van der Waals surface area contributed by atoms with E-state index in [2.05, 4.69) is 15.9 Å². The van der Waals surface area contributed by atoms with Crippen LogP contribution in [0.4, 0.5) is 0 Å². The van der Waals surface area contributed by atoms with Gasteiger partial charge in [-0.3, -0.25) is 9.59 Å². The van der Waals surface area contributed by atoms with Crippen LogP contribution in [0.15, 0.2) is 16.6 Å². The Morgan fingerprint density at radius 2 is 1.86 bits per heavy atom. The third kappa shape index (κ3) is 3.35. The number of ether oxygens (including phenoxy) is 2. The first-order valence-corrected chi connectivity index (χ1v) is 7.70. The van der Waals surface area contributed by atoms with Crippen LogP contribution in [0.1, 0.15) is 23.2 Å². The van der Waals surface area contributed by atoms with Gasteiger partial charge >= 0.3 is 5.97 Å². The molecule has 1 aliphatic heterocycles. The van der Waals surface area contributed by atoms with Crippen molar-refractivity contribution in [3.63, 3.8) is 0 Å². The molecule has 1 aromatic carbocycles. The molecule has 0 bridgehead atoms. The second-order valence-corrected chi connectivity index (χ2v) is 5.92. The van der Waals surface area contributed by atoms with Crippen molar-refractivity contribution in [1.82, 2.24) is 4.90 Å². The highest BCUT2D eigenvalue weighted by Gasteiger charge is 2.29. The van der Waals surface area contributed by atoms with Crippen molar-refractivity contribution in [3.8, 4) is 11.5 Å². The molecule has 0 aliphatic carbocycles. The molecule has 0 spiro atoms. The summed E-state index contributed by atoms with van der Waals surface area (Å²) in [5, 5.41) is 9.12. The topological polar surface area (TPSA) is 76.1 Å². The van der Waals surface area contributed by atoms with Crippen LogP contribution in [0.3, 0.4) is 0 Å². The standard InChI is InChI=1S/C15H18BrNO5/c1-21-11-6-10(7-12(22-2)13(11)16)14(18)17-5-3-4-9(8-17)15(19)20/h6-7,9H,3-5,8H2,1-2H3,(H,19,20). The van der Waals surface area contributed by atoms with Gasteiger partial charge in [0.1, 0.15) is 16.0 Å². The molecule has 2 rings (SSSR count). The summed E-state index contributed by atoms with van der Waals surface area (Å²) in [6.45, 7) is 0.790. The third-order valence-corrected chi connectivity index (χ3v) is 4.53. The Bertz CT molecular complexity index is 564. The van der Waals surface area contributed by atoms with Crippen molar-refractivity contribution in [2.24, 2.45) is 5.92 Å². The van der Waals surface area contributed by atoms with Crippen LogP contribution >= 0.6 is 15.9 Å². The molecule has 7 heteroatoms. The largest absolute Gasteiger partial charge is 0.495 e. The lowest BCUT2D eigenvalue weighted by Gasteiger charge is -2.31. The number of carboxylic acids is 1. The quantitative estimate of drug-likeness (QED) is 0.879. The molecule has 1 saturated heterocycles. The SMILES string of the molecule is COc1cc(C(=O)N2CCCC(C(=O)O)C2)cc(OC)c1Br. The van der Waals surface area contributed by atoms with Gasteiger partial charge < -0.3 is 19.5 Å². The van der Waals surface area contributed by atoms with Gasteiger partial charge in [0.15, 0.2) is 0 Å². The number of carbonyl (C=O) groups is 2. The monoisotopic (exact) mass is 371 g/mol. The lowest BCUT2D eigenvalue weighted by molar-refractivity contribution is -0.143. The van der Waals surface area contributed by atoms with E-state index >= 15 is 0 Å². The van der Waals surface area contributed by atoms with Gasteiger partial charge in [-0.25, -0.2) is 0 Å². The Morgan fingerprint density at radius 1 is 1.27 bits per heavy atom. The maximum Gasteiger partial charge on any atom is 0.308 e. The Hall–Kier alpha value is -1.76. The molecule has 120 valence electrons. The van der Waals surface area contributed by atoms with Crippen molar-refractivity contribution in [3.05, 3.63) is 22.2 Å². The summed E-state index contributed by atoms with van der Waals surface area (Å²) in [6.07, 6.45) is 1.29. The molecule has 1 aromatic rings. The van der Waals surface area contributed by atoms with Gasteiger partial charge in [-0.05, 0) is 40.9 Å². The highest BCUT2D eigenvalue weighted by atomic mass is 79.9. The predicted molar refractivity (Wildman–Crippen MR) is 83.5 cm³/mol. The van der Waals surface area contributed by atoms with E-state index in [0.29, 0.717) is 40.9 Å². The molecule has 1 fully saturated rings. The first kappa shape index (κ1) is 16.6. The second-order valence-electron chi connectivity index (χ2n) is 5.12. The first-order chi connectivity index (χ1) is 10.5. The van der Waals surface area contributed by atoms with Crippen molar-refractivity contribution in [2.45, 2.75) is 12.8 Å². The number of piperidine rings is 1. The number of hydrogen-bond donors (Lipinski definition) is 1. The highest BCUT2D eigenvalue weighted by Crippen LogP contribution is 2.36. The zero-order chi connectivity index (χ0) is 16.3. The van der Waals surface area contributed by atoms with Gasteiger partial charge in [-0.1, -0.05) is 0 Å². The molecule has 6 nitrogen and oxygen atoms in total. The first-order valence-electron chi connectivity index (χ1n) is 6.91. The molecular weight excluding hydrogens is 354 g/mol. The summed E-state index contributed by atoms with van der Waals surface area (Å²) in [7, 11) is 3.02. The third-order valence-electron chi connectivity index (χ3n) is 3.75. The number of amides is 1. The van der Waals surface area contributed by atoms with E-state index in [1.165, 1.54) is 14.2 Å². The smallest absolute Gasteiger partial charge is 0.308 e. The maximum atomic E-state index is 12.6. The Labute approximate surface area is 137 Å². The summed E-state index contributed by atoms with van der Waals surface area (Å²) in [5.74, 6) is -0.584. The van der Waals surface area contributed by atoms with Crippen molar-refractivity contribution in [2.75, 3.05) is 27.3 Å². The van der Waals surface area contributed by atoms with E-state index in [-0.39, 0.29) is 12.5 Å². The predicted octanol–water partition coefficient (Wildman–Crippen LogP) is 2.40. The average Bonchev–Trinajstić information content (AvgIpc) is 2.54. The maximum absolute atomic E-state index is 12.6. The molecule has 0 aromatic heterocycles. The number of rotatable bonds is 4. The van der Waals surface area contributed by atoms with Gasteiger partial charge in [0.25, 0.3) is 5.91 Å². The van der Waals surface area contributed by atoms with Gasteiger partial charge in [0.05, 0.1) is 20.1 Å². The molecule has 1 heterocycles. The van der Waals surface area contributed by atoms with Crippen LogP contribution in [0.2, 0.25) is 0 Å². The summed E-state index contributed by atoms with van der Waals surface area (Å²) in [5.41, 5.74) is 0.419. The fraction of sp³-hybridized carbons (Fsp3) is 0.467. The van der Waals surface area contributed by atoms with Gasteiger partial charge in [0, 0.05) is 18.7 Å². The minimum absolute atomic E-state index is 0.213. The van der Waals surface area contributed by atoms with Crippen molar-refractivity contribution < 1.29 is 24.2 Å². The fourth-order valence-corrected chi connectivity index (χ4v) is 3.09. The zero-order valence-electron chi connectivity index (χ0n) is 12.5. The number of aliphatic carboxylic acids is 1. The molecular formula is C15H18BrNO5. The Morgan fingerprint density at radius 3 is 2.36 bits per heavy atom. The lowest BCUT2D eigenvalue weighted by atomic mass is 9.97. The van der Waals surface area contributed by atoms with Crippen molar-refractivity contribution >= 4 is 27.8 Å². The summed E-state index contributed by atoms with van der Waals surface area (Å²) in [6, 6.07) is 3.25. The number of nitrogens with zero attached hydrogens (tertiary/aromatic N) is 1. The second kappa shape index (κ2) is 7.00. The van der Waals surface area contributed by atoms with Gasteiger partial charge in [0.2, 0.25) is 0 Å². The zero-order valence-corrected chi connectivity index (χ0v) is 14.1. The molecule has 1 aliphatic rings. The number of hydrogen-bond acceptors (Lipinski definition) is 4. The number of halogens is 1. The molecule has 22 heavy (non-hydrogen) atoms. The van der Waals surface area contributed by atoms with Crippen LogP contribution < -0.4 is 9.47 Å². The number of carbonyl (C=O) groups excluding carboxylic acids is 1. The molecule has 0 radical (unpaired) electrons. The average molecular weight is 372 g/mol. The number of likely N-dealkylation sites (tertiary alicyclic amines) is 1. The highest BCUT2D eigenvalue weighted by molar-refractivity contribution is 9.10. The van der Waals surface area contributed by atoms with Crippen LogP contribution in [-0.4, -0.2) is 49.2 Å². The summed E-state index contributed by atoms with van der Waals surface area (Å²) >= 11 is 3.36. The van der Waals surface area contributed by atoms with E-state index in [1.54, 1.807) is 17.0 Å². The molecule has 1 unspecified atom stereocenters. The molecule has 1 N–H and O–H groups in total. The van der Waals surface area contributed by atoms with Crippen LogP contribution in [0, 0.1) is 5.92 Å². The fourth-order valence-electron chi connectivity index (χ4n) is 2.54. The number of carboxylic acid groups (broad SMARTS) is 1. The molecule has 1 amide bonds. The minimum Gasteiger partial charge on any atom is -0.495 e. The van der Waals surface area contributed by atoms with Crippen molar-refractivity contribution in [1.29, 1.82) is 0 Å². The Kier molecular flexibility index (Phi) is 5.28. The van der Waals surface area contributed by atoms with E-state index in [1.807, 2.05) is 0 Å². The Balaban J connectivity index is 2.27. The van der Waals surface area contributed by atoms with E-state index in [9.17, 15) is 9.59 Å². The summed E-state index contributed by atoms with van der Waals surface area (Å²) < 4.78 is 11.1. The summed E-state index contributed by atoms with van der Waals surface area (Å²) in [4.78, 5) is 25.3. The number of methoxy groups -OCH3 is 2. The molecule has 0 saturated carbocycles. The number of benzene rings is 1. The van der Waals surface area contributed by atoms with Crippen LogP contribution in [0.25, 0.3) is 0 Å². The molecule has 1 atom stereocenters. The van der Waals surface area contributed by atoms with E-state index in [0.717, 1.165) is 0 Å². The van der Waals surface area contributed by atoms with Gasteiger partial charge in [-0.15, -0.1) is 0 Å². The van der Waals surface area contributed by atoms with Crippen LogP contribution in [-0.2, 0) is 4.79 Å². The lowest BCUT2D eigenvalue weighted by Crippen LogP contribution is -2.42. The van der Waals surface area contributed by atoms with Crippen LogP contribution in [0.5, 0.6) is 11.5 Å². The normalized spacial score (nSPS) is 18.0. The van der Waals surface area contributed by atoms with E-state index in [4.69, 9.17) is 14.6 Å². The minimum atomic E-state index is -0.858. The van der Waals surface area contributed by atoms with E-state index < -0.39 is 11.9 Å². The van der Waals surface area contributed by atoms with Gasteiger partial charge in [-0.2, -0.15) is 0 Å².